The van der Waals surface area contributed by atoms with Crippen molar-refractivity contribution in [1.82, 2.24) is 15.5 Å². The molecule has 1 heterocycles. The number of carbonyl (C=O) groups excluding carboxylic acids is 1. The number of hydrogen-bond donors (Lipinski definition) is 2. The number of carbonyl (C=O) groups is 1. The standard InChI is InChI=1S/C16H30N4O.HI/c1-4-6-7-10-19-16(18-5-2)20-11-8-14(9-12-20)13-15(21)17-3;/h4,6,14H,5,7-13H2,1-3H3,(H,17,21)(H,18,19);1H/b6-4+;. The topological polar surface area (TPSA) is 56.7 Å². The van der Waals surface area contributed by atoms with E-state index in [0.717, 1.165) is 51.4 Å². The molecule has 0 radical (unpaired) electrons. The lowest BCUT2D eigenvalue weighted by Crippen LogP contribution is -2.46. The Morgan fingerprint density at radius 3 is 2.59 bits per heavy atom. The largest absolute Gasteiger partial charge is 0.359 e. The number of nitrogens with zero attached hydrogens (tertiary/aromatic N) is 2. The van der Waals surface area contributed by atoms with Crippen LogP contribution < -0.4 is 10.6 Å². The van der Waals surface area contributed by atoms with Gasteiger partial charge in [0.15, 0.2) is 5.96 Å². The average Bonchev–Trinajstić information content (AvgIpc) is 2.51. The van der Waals surface area contributed by atoms with Gasteiger partial charge in [-0.2, -0.15) is 0 Å². The molecular weight excluding hydrogens is 391 g/mol. The van der Waals surface area contributed by atoms with Crippen LogP contribution in [0.25, 0.3) is 0 Å². The lowest BCUT2D eigenvalue weighted by atomic mass is 9.93. The van der Waals surface area contributed by atoms with Gasteiger partial charge in [0, 0.05) is 39.6 Å². The van der Waals surface area contributed by atoms with E-state index in [1.165, 1.54) is 0 Å². The van der Waals surface area contributed by atoms with Crippen molar-refractivity contribution in [1.29, 1.82) is 0 Å². The number of halogens is 1. The normalized spacial score (nSPS) is 16.5. The Bertz CT molecular complexity index is 363. The first-order chi connectivity index (χ1) is 10.2. The molecule has 128 valence electrons. The van der Waals surface area contributed by atoms with Crippen LogP contribution in [0.5, 0.6) is 0 Å². The molecule has 0 spiro atoms. The number of nitrogens with one attached hydrogen (secondary N) is 2. The highest BCUT2D eigenvalue weighted by Crippen LogP contribution is 2.20. The molecule has 5 nitrogen and oxygen atoms in total. The van der Waals surface area contributed by atoms with Gasteiger partial charge < -0.3 is 15.5 Å². The number of piperidine rings is 1. The molecule has 1 rings (SSSR count). The van der Waals surface area contributed by atoms with E-state index in [4.69, 9.17) is 0 Å². The first-order valence-electron chi connectivity index (χ1n) is 8.06. The Morgan fingerprint density at radius 1 is 1.36 bits per heavy atom. The molecule has 0 unspecified atom stereocenters. The third-order valence-corrected chi connectivity index (χ3v) is 3.79. The zero-order valence-corrected chi connectivity index (χ0v) is 16.4. The van der Waals surface area contributed by atoms with Gasteiger partial charge in [-0.15, -0.1) is 24.0 Å². The number of allylic oxidation sites excluding steroid dienone is 1. The molecule has 0 aromatic carbocycles. The summed E-state index contributed by atoms with van der Waals surface area (Å²) in [5.74, 6) is 1.67. The molecule has 0 saturated carbocycles. The Labute approximate surface area is 152 Å². The minimum Gasteiger partial charge on any atom is -0.359 e. The quantitative estimate of drug-likeness (QED) is 0.227. The summed E-state index contributed by atoms with van der Waals surface area (Å²) in [6.07, 6.45) is 7.96. The lowest BCUT2D eigenvalue weighted by molar-refractivity contribution is -0.121. The van der Waals surface area contributed by atoms with Crippen molar-refractivity contribution in [3.63, 3.8) is 0 Å². The Hall–Kier alpha value is -0.790. The molecular formula is C16H31IN4O. The average molecular weight is 422 g/mol. The highest BCUT2D eigenvalue weighted by molar-refractivity contribution is 14.0. The van der Waals surface area contributed by atoms with Gasteiger partial charge in [-0.1, -0.05) is 12.2 Å². The van der Waals surface area contributed by atoms with E-state index >= 15 is 0 Å². The van der Waals surface area contributed by atoms with Crippen molar-refractivity contribution < 1.29 is 4.79 Å². The van der Waals surface area contributed by atoms with Crippen molar-refractivity contribution in [3.8, 4) is 0 Å². The van der Waals surface area contributed by atoms with E-state index in [1.807, 2.05) is 6.92 Å². The first kappa shape index (κ1) is 21.2. The van der Waals surface area contributed by atoms with Crippen LogP contribution in [0.1, 0.15) is 39.5 Å². The number of rotatable bonds is 6. The maximum atomic E-state index is 11.4. The summed E-state index contributed by atoms with van der Waals surface area (Å²) in [6.45, 7) is 7.81. The van der Waals surface area contributed by atoms with Gasteiger partial charge in [0.1, 0.15) is 0 Å². The van der Waals surface area contributed by atoms with Crippen LogP contribution in [0.2, 0.25) is 0 Å². The maximum absolute atomic E-state index is 11.4. The van der Waals surface area contributed by atoms with Gasteiger partial charge in [-0.05, 0) is 39.0 Å². The van der Waals surface area contributed by atoms with Crippen molar-refractivity contribution in [3.05, 3.63) is 12.2 Å². The molecule has 1 saturated heterocycles. The second-order valence-corrected chi connectivity index (χ2v) is 5.40. The molecule has 0 bridgehead atoms. The second kappa shape index (κ2) is 12.7. The van der Waals surface area contributed by atoms with Crippen LogP contribution >= 0.6 is 24.0 Å². The summed E-state index contributed by atoms with van der Waals surface area (Å²) in [4.78, 5) is 18.4. The SMILES string of the molecule is C/C=C/CCN=C(NCC)N1CCC(CC(=O)NC)CC1.I. The number of hydrogen-bond acceptors (Lipinski definition) is 2. The molecule has 1 aliphatic heterocycles. The van der Waals surface area contributed by atoms with Crippen molar-refractivity contribution in [2.24, 2.45) is 10.9 Å². The van der Waals surface area contributed by atoms with Gasteiger partial charge in [0.05, 0.1) is 0 Å². The number of aliphatic imine (C=N–C) groups is 1. The van der Waals surface area contributed by atoms with Crippen LogP contribution in [0, 0.1) is 5.92 Å². The highest BCUT2D eigenvalue weighted by Gasteiger charge is 2.22. The van der Waals surface area contributed by atoms with E-state index in [9.17, 15) is 4.79 Å². The third-order valence-electron chi connectivity index (χ3n) is 3.79. The van der Waals surface area contributed by atoms with Gasteiger partial charge in [0.2, 0.25) is 5.91 Å². The lowest BCUT2D eigenvalue weighted by Gasteiger charge is -2.34. The van der Waals surface area contributed by atoms with E-state index in [-0.39, 0.29) is 29.9 Å². The third kappa shape index (κ3) is 8.00. The van der Waals surface area contributed by atoms with Crippen molar-refractivity contribution in [2.45, 2.75) is 39.5 Å². The molecule has 1 aliphatic rings. The van der Waals surface area contributed by atoms with Gasteiger partial charge in [-0.25, -0.2) is 0 Å². The van der Waals surface area contributed by atoms with Crippen LogP contribution in [0.15, 0.2) is 17.1 Å². The molecule has 0 aromatic heterocycles. The van der Waals surface area contributed by atoms with E-state index < -0.39 is 0 Å². The smallest absolute Gasteiger partial charge is 0.220 e. The van der Waals surface area contributed by atoms with Crippen LogP contribution in [-0.4, -0.2) is 50.0 Å². The van der Waals surface area contributed by atoms with E-state index in [0.29, 0.717) is 12.3 Å². The number of guanidine groups is 1. The maximum Gasteiger partial charge on any atom is 0.220 e. The molecule has 22 heavy (non-hydrogen) atoms. The molecule has 1 fully saturated rings. The highest BCUT2D eigenvalue weighted by atomic mass is 127. The molecule has 0 atom stereocenters. The summed E-state index contributed by atoms with van der Waals surface area (Å²) in [5.41, 5.74) is 0. The fraction of sp³-hybridized carbons (Fsp3) is 0.750. The van der Waals surface area contributed by atoms with Crippen LogP contribution in [0.4, 0.5) is 0 Å². The molecule has 6 heteroatoms. The van der Waals surface area contributed by atoms with Crippen molar-refractivity contribution in [2.75, 3.05) is 33.2 Å². The van der Waals surface area contributed by atoms with Crippen LogP contribution in [-0.2, 0) is 4.79 Å². The molecule has 2 N–H and O–H groups in total. The summed E-state index contributed by atoms with van der Waals surface area (Å²) in [6, 6.07) is 0. The summed E-state index contributed by atoms with van der Waals surface area (Å²) in [5, 5.41) is 6.08. The molecule has 0 aromatic rings. The summed E-state index contributed by atoms with van der Waals surface area (Å²) in [7, 11) is 1.71. The predicted octanol–water partition coefficient (Wildman–Crippen LogP) is 2.38. The predicted molar refractivity (Wildman–Crippen MR) is 104 cm³/mol. The monoisotopic (exact) mass is 422 g/mol. The Balaban J connectivity index is 0.00000441. The fourth-order valence-corrected chi connectivity index (χ4v) is 2.55. The zero-order chi connectivity index (χ0) is 15.5. The van der Waals surface area contributed by atoms with Gasteiger partial charge in [0.25, 0.3) is 0 Å². The zero-order valence-electron chi connectivity index (χ0n) is 14.1. The van der Waals surface area contributed by atoms with E-state index in [1.54, 1.807) is 7.05 Å². The number of likely N-dealkylation sites (tertiary alicyclic amines) is 1. The molecule has 1 amide bonds. The minimum absolute atomic E-state index is 0. The Morgan fingerprint density at radius 2 is 2.05 bits per heavy atom. The van der Waals surface area contributed by atoms with Gasteiger partial charge >= 0.3 is 0 Å². The van der Waals surface area contributed by atoms with Gasteiger partial charge in [-0.3, -0.25) is 9.79 Å². The first-order valence-corrected chi connectivity index (χ1v) is 8.06. The Kier molecular flexibility index (Phi) is 12.3. The second-order valence-electron chi connectivity index (χ2n) is 5.40. The summed E-state index contributed by atoms with van der Waals surface area (Å²) < 4.78 is 0. The summed E-state index contributed by atoms with van der Waals surface area (Å²) >= 11 is 0. The van der Waals surface area contributed by atoms with Crippen LogP contribution in [0.3, 0.4) is 0 Å². The minimum atomic E-state index is 0. The van der Waals surface area contributed by atoms with E-state index in [2.05, 4.69) is 39.6 Å². The number of amides is 1. The van der Waals surface area contributed by atoms with Crippen molar-refractivity contribution >= 4 is 35.8 Å². The fourth-order valence-electron chi connectivity index (χ4n) is 2.55. The molecule has 0 aliphatic carbocycles.